The first-order valence-electron chi connectivity index (χ1n) is 6.66. The Hall–Kier alpha value is -2.01. The predicted octanol–water partition coefficient (Wildman–Crippen LogP) is 2.10. The molecule has 1 atom stereocenters. The van der Waals surface area contributed by atoms with Gasteiger partial charge in [0.1, 0.15) is 10.7 Å². The van der Waals surface area contributed by atoms with Crippen molar-refractivity contribution in [2.75, 3.05) is 18.0 Å². The van der Waals surface area contributed by atoms with Gasteiger partial charge in [0.15, 0.2) is 5.82 Å². The van der Waals surface area contributed by atoms with E-state index < -0.39 is 0 Å². The Bertz CT molecular complexity index is 614. The summed E-state index contributed by atoms with van der Waals surface area (Å²) in [6.07, 6.45) is 4.42. The maximum Gasteiger partial charge on any atom is 0.157 e. The van der Waals surface area contributed by atoms with Crippen LogP contribution in [0.15, 0.2) is 42.7 Å². The summed E-state index contributed by atoms with van der Waals surface area (Å²) >= 11 is 5.06. The summed E-state index contributed by atoms with van der Waals surface area (Å²) in [5.74, 6) is 1.33. The van der Waals surface area contributed by atoms with Gasteiger partial charge < -0.3 is 10.6 Å². The maximum absolute atomic E-state index is 5.73. The first-order valence-corrected chi connectivity index (χ1v) is 7.07. The SMILES string of the molecule is NC(=S)c1nccnc1N1CCC(c2ccccc2)C1. The quantitative estimate of drug-likeness (QED) is 0.875. The minimum Gasteiger partial charge on any atom is -0.388 e. The molecule has 0 saturated carbocycles. The molecule has 1 aromatic carbocycles. The number of anilines is 1. The average Bonchev–Trinajstić information content (AvgIpc) is 2.98. The van der Waals surface area contributed by atoms with Crippen LogP contribution in [0.4, 0.5) is 5.82 Å². The zero-order valence-electron chi connectivity index (χ0n) is 11.1. The third-order valence-electron chi connectivity index (χ3n) is 3.67. The molecular formula is C15H16N4S. The smallest absolute Gasteiger partial charge is 0.157 e. The van der Waals surface area contributed by atoms with Crippen LogP contribution >= 0.6 is 12.2 Å². The molecule has 102 valence electrons. The first kappa shape index (κ1) is 13.0. The Morgan fingerprint density at radius 3 is 2.70 bits per heavy atom. The van der Waals surface area contributed by atoms with Gasteiger partial charge in [-0.2, -0.15) is 0 Å². The van der Waals surface area contributed by atoms with Crippen molar-refractivity contribution in [3.63, 3.8) is 0 Å². The molecule has 1 aliphatic heterocycles. The van der Waals surface area contributed by atoms with Gasteiger partial charge in [0.05, 0.1) is 0 Å². The van der Waals surface area contributed by atoms with Crippen LogP contribution in [0.25, 0.3) is 0 Å². The van der Waals surface area contributed by atoms with Gasteiger partial charge in [-0.1, -0.05) is 42.5 Å². The zero-order valence-corrected chi connectivity index (χ0v) is 11.9. The molecule has 1 unspecified atom stereocenters. The molecule has 5 heteroatoms. The summed E-state index contributed by atoms with van der Waals surface area (Å²) in [4.78, 5) is 11.2. The molecule has 1 fully saturated rings. The third kappa shape index (κ3) is 2.49. The van der Waals surface area contributed by atoms with Gasteiger partial charge in [-0.25, -0.2) is 9.97 Å². The molecule has 0 aliphatic carbocycles. The van der Waals surface area contributed by atoms with E-state index in [4.69, 9.17) is 18.0 Å². The Morgan fingerprint density at radius 2 is 1.95 bits per heavy atom. The lowest BCUT2D eigenvalue weighted by Crippen LogP contribution is -2.25. The zero-order chi connectivity index (χ0) is 13.9. The van der Waals surface area contributed by atoms with Gasteiger partial charge in [-0.3, -0.25) is 0 Å². The van der Waals surface area contributed by atoms with Crippen LogP contribution in [0.1, 0.15) is 23.6 Å². The number of rotatable bonds is 3. The minimum absolute atomic E-state index is 0.302. The van der Waals surface area contributed by atoms with Gasteiger partial charge in [0.2, 0.25) is 0 Å². The number of nitrogens with zero attached hydrogens (tertiary/aromatic N) is 3. The fourth-order valence-corrected chi connectivity index (χ4v) is 2.83. The highest BCUT2D eigenvalue weighted by Crippen LogP contribution is 2.30. The van der Waals surface area contributed by atoms with E-state index in [-0.39, 0.29) is 0 Å². The summed E-state index contributed by atoms with van der Waals surface area (Å²) in [6, 6.07) is 10.6. The fourth-order valence-electron chi connectivity index (χ4n) is 2.69. The number of aromatic nitrogens is 2. The number of hydrogen-bond donors (Lipinski definition) is 1. The first-order chi connectivity index (χ1) is 9.75. The third-order valence-corrected chi connectivity index (χ3v) is 3.86. The van der Waals surface area contributed by atoms with Crippen molar-refractivity contribution in [1.82, 2.24) is 9.97 Å². The fraction of sp³-hybridized carbons (Fsp3) is 0.267. The summed E-state index contributed by atoms with van der Waals surface area (Å²) in [5, 5.41) is 0. The van der Waals surface area contributed by atoms with Crippen LogP contribution in [0.3, 0.4) is 0 Å². The molecular weight excluding hydrogens is 268 g/mol. The second kappa shape index (κ2) is 5.54. The summed E-state index contributed by atoms with van der Waals surface area (Å²) in [6.45, 7) is 1.88. The molecule has 0 amide bonds. The highest BCUT2D eigenvalue weighted by Gasteiger charge is 2.26. The summed E-state index contributed by atoms with van der Waals surface area (Å²) in [5.41, 5.74) is 7.72. The van der Waals surface area contributed by atoms with E-state index >= 15 is 0 Å². The second-order valence-electron chi connectivity index (χ2n) is 4.94. The summed E-state index contributed by atoms with van der Waals surface area (Å²) < 4.78 is 0. The molecule has 0 spiro atoms. The Balaban J connectivity index is 1.83. The topological polar surface area (TPSA) is 55.0 Å². The molecule has 0 bridgehead atoms. The van der Waals surface area contributed by atoms with E-state index in [2.05, 4.69) is 39.1 Å². The van der Waals surface area contributed by atoms with Gasteiger partial charge in [-0.05, 0) is 12.0 Å². The van der Waals surface area contributed by atoms with Crippen LogP contribution < -0.4 is 10.6 Å². The van der Waals surface area contributed by atoms with Crippen molar-refractivity contribution in [3.05, 3.63) is 54.0 Å². The van der Waals surface area contributed by atoms with Crippen molar-refractivity contribution in [1.29, 1.82) is 0 Å². The van der Waals surface area contributed by atoms with Gasteiger partial charge in [0.25, 0.3) is 0 Å². The lowest BCUT2D eigenvalue weighted by molar-refractivity contribution is 0.774. The molecule has 2 aromatic rings. The van der Waals surface area contributed by atoms with E-state index in [0.717, 1.165) is 25.3 Å². The lowest BCUT2D eigenvalue weighted by atomic mass is 9.99. The molecule has 2 N–H and O–H groups in total. The molecule has 4 nitrogen and oxygen atoms in total. The predicted molar refractivity (Wildman–Crippen MR) is 83.9 cm³/mol. The average molecular weight is 284 g/mol. The van der Waals surface area contributed by atoms with Gasteiger partial charge in [0, 0.05) is 31.4 Å². The Labute approximate surface area is 123 Å². The van der Waals surface area contributed by atoms with E-state index in [1.54, 1.807) is 12.4 Å². The second-order valence-corrected chi connectivity index (χ2v) is 5.37. The molecule has 1 saturated heterocycles. The number of hydrogen-bond acceptors (Lipinski definition) is 4. The van der Waals surface area contributed by atoms with E-state index in [9.17, 15) is 0 Å². The highest BCUT2D eigenvalue weighted by atomic mass is 32.1. The van der Waals surface area contributed by atoms with Gasteiger partial charge in [-0.15, -0.1) is 0 Å². The molecule has 1 aliphatic rings. The van der Waals surface area contributed by atoms with Crippen LogP contribution in [0.5, 0.6) is 0 Å². The van der Waals surface area contributed by atoms with Crippen molar-refractivity contribution in [2.24, 2.45) is 5.73 Å². The van der Waals surface area contributed by atoms with Crippen molar-refractivity contribution >= 4 is 23.0 Å². The van der Waals surface area contributed by atoms with Crippen LogP contribution in [-0.4, -0.2) is 28.0 Å². The van der Waals surface area contributed by atoms with Crippen molar-refractivity contribution < 1.29 is 0 Å². The van der Waals surface area contributed by atoms with Crippen LogP contribution in [0, 0.1) is 0 Å². The highest BCUT2D eigenvalue weighted by molar-refractivity contribution is 7.80. The number of nitrogens with two attached hydrogens (primary N) is 1. The van der Waals surface area contributed by atoms with Crippen LogP contribution in [-0.2, 0) is 0 Å². The molecule has 0 radical (unpaired) electrons. The number of thiocarbonyl (C=S) groups is 1. The maximum atomic E-state index is 5.73. The van der Waals surface area contributed by atoms with Crippen molar-refractivity contribution in [2.45, 2.75) is 12.3 Å². The van der Waals surface area contributed by atoms with E-state index in [1.165, 1.54) is 5.56 Å². The Morgan fingerprint density at radius 1 is 1.20 bits per heavy atom. The van der Waals surface area contributed by atoms with E-state index in [1.807, 2.05) is 6.07 Å². The molecule has 2 heterocycles. The molecule has 20 heavy (non-hydrogen) atoms. The van der Waals surface area contributed by atoms with E-state index in [0.29, 0.717) is 16.6 Å². The van der Waals surface area contributed by atoms with Crippen LogP contribution in [0.2, 0.25) is 0 Å². The summed E-state index contributed by atoms with van der Waals surface area (Å²) in [7, 11) is 0. The monoisotopic (exact) mass is 284 g/mol. The standard InChI is InChI=1S/C15H16N4S/c16-14(20)13-15(18-8-7-17-13)19-9-6-12(10-19)11-4-2-1-3-5-11/h1-5,7-8,12H,6,9-10H2,(H2,16,20). The Kier molecular flexibility index (Phi) is 3.60. The lowest BCUT2D eigenvalue weighted by Gasteiger charge is -2.19. The number of benzene rings is 1. The molecule has 3 rings (SSSR count). The normalized spacial score (nSPS) is 18.2. The minimum atomic E-state index is 0.302. The molecule has 1 aromatic heterocycles. The van der Waals surface area contributed by atoms with Gasteiger partial charge >= 0.3 is 0 Å². The van der Waals surface area contributed by atoms with Crippen molar-refractivity contribution in [3.8, 4) is 0 Å². The largest absolute Gasteiger partial charge is 0.388 e.